The second-order valence-electron chi connectivity index (χ2n) is 4.87. The molecule has 4 nitrogen and oxygen atoms in total. The van der Waals surface area contributed by atoms with Gasteiger partial charge in [0.25, 0.3) is 0 Å². The molecule has 0 amide bonds. The van der Waals surface area contributed by atoms with Crippen LogP contribution in [0.2, 0.25) is 0 Å². The molecule has 1 fully saturated rings. The summed E-state index contributed by atoms with van der Waals surface area (Å²) < 4.78 is 11.2. The van der Waals surface area contributed by atoms with Gasteiger partial charge in [-0.1, -0.05) is 13.8 Å². The second-order valence-corrected chi connectivity index (χ2v) is 4.87. The van der Waals surface area contributed by atoms with E-state index < -0.39 is 0 Å². The Morgan fingerprint density at radius 2 is 2.16 bits per heavy atom. The second kappa shape index (κ2) is 7.46. The Balaban J connectivity index is 1.93. The Morgan fingerprint density at radius 3 is 2.74 bits per heavy atom. The van der Waals surface area contributed by atoms with Crippen molar-refractivity contribution in [1.29, 1.82) is 0 Å². The minimum Gasteiger partial charge on any atom is -0.489 e. The third-order valence-electron chi connectivity index (χ3n) is 3.45. The minimum absolute atomic E-state index is 0.275. The third kappa shape index (κ3) is 4.18. The molecular weight excluding hydrogens is 240 g/mol. The van der Waals surface area contributed by atoms with Crippen LogP contribution in [-0.4, -0.2) is 30.8 Å². The molecule has 0 saturated carbocycles. The van der Waals surface area contributed by atoms with Crippen molar-refractivity contribution in [1.82, 2.24) is 10.3 Å². The molecule has 0 aliphatic carbocycles. The van der Waals surface area contributed by atoms with Crippen LogP contribution in [0.5, 0.6) is 5.75 Å². The zero-order chi connectivity index (χ0) is 13.5. The van der Waals surface area contributed by atoms with E-state index in [-0.39, 0.29) is 6.10 Å². The van der Waals surface area contributed by atoms with Gasteiger partial charge in [-0.15, -0.1) is 0 Å². The fourth-order valence-electron chi connectivity index (χ4n) is 2.36. The topological polar surface area (TPSA) is 43.4 Å². The summed E-state index contributed by atoms with van der Waals surface area (Å²) in [5.74, 6) is 0.863. The van der Waals surface area contributed by atoms with Gasteiger partial charge in [-0.2, -0.15) is 0 Å². The Hall–Kier alpha value is -1.13. The van der Waals surface area contributed by atoms with E-state index in [4.69, 9.17) is 9.47 Å². The predicted octanol–water partition coefficient (Wildman–Crippen LogP) is 2.70. The van der Waals surface area contributed by atoms with E-state index in [1.807, 2.05) is 12.3 Å². The van der Waals surface area contributed by atoms with Gasteiger partial charge in [-0.25, -0.2) is 0 Å². The Labute approximate surface area is 115 Å². The smallest absolute Gasteiger partial charge is 0.138 e. The summed E-state index contributed by atoms with van der Waals surface area (Å²) in [6.45, 7) is 6.84. The van der Waals surface area contributed by atoms with Gasteiger partial charge in [0.2, 0.25) is 0 Å². The number of nitrogens with one attached hydrogen (secondary N) is 1. The Morgan fingerprint density at radius 1 is 1.37 bits per heavy atom. The molecule has 0 spiro atoms. The fourth-order valence-corrected chi connectivity index (χ4v) is 2.36. The molecule has 0 bridgehead atoms. The molecule has 106 valence electrons. The van der Waals surface area contributed by atoms with Crippen molar-refractivity contribution >= 4 is 0 Å². The van der Waals surface area contributed by atoms with Crippen molar-refractivity contribution in [3.05, 3.63) is 24.0 Å². The lowest BCUT2D eigenvalue weighted by Crippen LogP contribution is -2.26. The van der Waals surface area contributed by atoms with Crippen molar-refractivity contribution in [2.24, 2.45) is 0 Å². The summed E-state index contributed by atoms with van der Waals surface area (Å²) in [4.78, 5) is 4.52. The van der Waals surface area contributed by atoms with Gasteiger partial charge in [-0.3, -0.25) is 4.98 Å². The molecule has 1 aromatic rings. The molecule has 2 heterocycles. The van der Waals surface area contributed by atoms with E-state index in [0.29, 0.717) is 6.04 Å². The first kappa shape index (κ1) is 14.3. The van der Waals surface area contributed by atoms with Crippen LogP contribution in [0.3, 0.4) is 0 Å². The van der Waals surface area contributed by atoms with Crippen molar-refractivity contribution < 1.29 is 9.47 Å². The van der Waals surface area contributed by atoms with Crippen LogP contribution in [0.4, 0.5) is 0 Å². The van der Waals surface area contributed by atoms with Gasteiger partial charge >= 0.3 is 0 Å². The molecule has 1 saturated heterocycles. The number of pyridine rings is 1. The molecule has 0 radical (unpaired) electrons. The highest BCUT2D eigenvalue weighted by Gasteiger charge is 2.16. The average molecular weight is 264 g/mol. The maximum absolute atomic E-state index is 5.92. The lowest BCUT2D eigenvalue weighted by molar-refractivity contribution is 0.0254. The first-order valence-corrected chi connectivity index (χ1v) is 7.27. The molecule has 1 aliphatic heterocycles. The summed E-state index contributed by atoms with van der Waals surface area (Å²) >= 11 is 0. The molecule has 1 aromatic heterocycles. The number of nitrogens with zero attached hydrogens (tertiary/aromatic N) is 1. The SMILES string of the molecule is CCNC(CC)c1ccc(OC2CCOCC2)cn1. The molecule has 1 aliphatic rings. The number of hydrogen-bond acceptors (Lipinski definition) is 4. The zero-order valence-electron chi connectivity index (χ0n) is 11.9. The van der Waals surface area contributed by atoms with Crippen molar-refractivity contribution in [3.8, 4) is 5.75 Å². The van der Waals surface area contributed by atoms with Crippen LogP contribution < -0.4 is 10.1 Å². The molecule has 2 rings (SSSR count). The summed E-state index contributed by atoms with van der Waals surface area (Å²) in [7, 11) is 0. The van der Waals surface area contributed by atoms with E-state index in [2.05, 4.69) is 30.2 Å². The van der Waals surface area contributed by atoms with Gasteiger partial charge in [0.15, 0.2) is 0 Å². The van der Waals surface area contributed by atoms with Crippen LogP contribution in [0.15, 0.2) is 18.3 Å². The highest BCUT2D eigenvalue weighted by atomic mass is 16.5. The molecule has 1 atom stereocenters. The average Bonchev–Trinajstić information content (AvgIpc) is 2.47. The third-order valence-corrected chi connectivity index (χ3v) is 3.45. The van der Waals surface area contributed by atoms with Crippen LogP contribution in [0, 0.1) is 0 Å². The highest BCUT2D eigenvalue weighted by molar-refractivity contribution is 5.22. The lowest BCUT2D eigenvalue weighted by Gasteiger charge is -2.23. The number of aromatic nitrogens is 1. The monoisotopic (exact) mass is 264 g/mol. The predicted molar refractivity (Wildman–Crippen MR) is 75.4 cm³/mol. The number of hydrogen-bond donors (Lipinski definition) is 1. The standard InChI is InChI=1S/C15H24N2O2/c1-3-14(16-4-2)15-6-5-13(11-17-15)19-12-7-9-18-10-8-12/h5-6,11-12,14,16H,3-4,7-10H2,1-2H3. The molecule has 1 unspecified atom stereocenters. The lowest BCUT2D eigenvalue weighted by atomic mass is 10.1. The van der Waals surface area contributed by atoms with Gasteiger partial charge in [0, 0.05) is 18.9 Å². The molecule has 0 aromatic carbocycles. The normalized spacial score (nSPS) is 18.2. The molecule has 19 heavy (non-hydrogen) atoms. The van der Waals surface area contributed by atoms with E-state index >= 15 is 0 Å². The van der Waals surface area contributed by atoms with Crippen LogP contribution in [-0.2, 0) is 4.74 Å². The van der Waals surface area contributed by atoms with Crippen LogP contribution in [0.25, 0.3) is 0 Å². The maximum atomic E-state index is 5.92. The van der Waals surface area contributed by atoms with Gasteiger partial charge in [0.05, 0.1) is 25.1 Å². The summed E-state index contributed by atoms with van der Waals surface area (Å²) in [5.41, 5.74) is 1.09. The zero-order valence-corrected chi connectivity index (χ0v) is 11.9. The maximum Gasteiger partial charge on any atom is 0.138 e. The largest absolute Gasteiger partial charge is 0.489 e. The van der Waals surface area contributed by atoms with E-state index in [1.54, 1.807) is 0 Å². The molecule has 1 N–H and O–H groups in total. The van der Waals surface area contributed by atoms with Gasteiger partial charge < -0.3 is 14.8 Å². The summed E-state index contributed by atoms with van der Waals surface area (Å²) in [5, 5.41) is 3.43. The number of ether oxygens (including phenoxy) is 2. The Bertz CT molecular complexity index is 361. The van der Waals surface area contributed by atoms with Crippen molar-refractivity contribution in [2.45, 2.75) is 45.3 Å². The first-order valence-electron chi connectivity index (χ1n) is 7.27. The van der Waals surface area contributed by atoms with E-state index in [0.717, 1.165) is 50.5 Å². The molecular formula is C15H24N2O2. The van der Waals surface area contributed by atoms with Crippen molar-refractivity contribution in [3.63, 3.8) is 0 Å². The van der Waals surface area contributed by atoms with Gasteiger partial charge in [0.1, 0.15) is 11.9 Å². The molecule has 4 heteroatoms. The van der Waals surface area contributed by atoms with E-state index in [9.17, 15) is 0 Å². The van der Waals surface area contributed by atoms with Crippen molar-refractivity contribution in [2.75, 3.05) is 19.8 Å². The minimum atomic E-state index is 0.275. The van der Waals surface area contributed by atoms with Crippen LogP contribution >= 0.6 is 0 Å². The quantitative estimate of drug-likeness (QED) is 0.858. The Kier molecular flexibility index (Phi) is 5.61. The summed E-state index contributed by atoms with van der Waals surface area (Å²) in [6.07, 6.45) is 5.09. The van der Waals surface area contributed by atoms with Gasteiger partial charge in [-0.05, 0) is 25.1 Å². The highest BCUT2D eigenvalue weighted by Crippen LogP contribution is 2.20. The fraction of sp³-hybridized carbons (Fsp3) is 0.667. The van der Waals surface area contributed by atoms with E-state index in [1.165, 1.54) is 0 Å². The summed E-state index contributed by atoms with van der Waals surface area (Å²) in [6, 6.07) is 4.42. The van der Waals surface area contributed by atoms with Crippen LogP contribution in [0.1, 0.15) is 44.8 Å². The number of rotatable bonds is 6. The first-order chi connectivity index (χ1) is 9.33.